The van der Waals surface area contributed by atoms with Gasteiger partial charge in [0.1, 0.15) is 11.6 Å². The molecule has 0 aromatic heterocycles. The highest BCUT2D eigenvalue weighted by Gasteiger charge is 2.25. The fourth-order valence-electron chi connectivity index (χ4n) is 2.32. The van der Waals surface area contributed by atoms with Gasteiger partial charge >= 0.3 is 0 Å². The molecule has 96 valence electrons. The lowest BCUT2D eigenvalue weighted by Gasteiger charge is -2.19. The first-order valence-electron chi connectivity index (χ1n) is 5.98. The fourth-order valence-corrected chi connectivity index (χ4v) is 2.73. The van der Waals surface area contributed by atoms with E-state index in [0.29, 0.717) is 5.84 Å². The molecule has 0 bridgehead atoms. The lowest BCUT2D eigenvalue weighted by molar-refractivity contribution is 0.412. The molecule has 1 aliphatic rings. The maximum Gasteiger partial charge on any atom is 0.135 e. The van der Waals surface area contributed by atoms with Crippen LogP contribution >= 0.6 is 15.9 Å². The monoisotopic (exact) mass is 316 g/mol. The van der Waals surface area contributed by atoms with Crippen molar-refractivity contribution in [3.05, 3.63) is 58.1 Å². The molecule has 1 aliphatic heterocycles. The lowest BCUT2D eigenvalue weighted by atomic mass is 10.1. The maximum atomic E-state index is 8.28. The molecule has 0 atom stereocenters. The topological polar surface area (TPSA) is 36.3 Å². The number of hydrogen-bond donors (Lipinski definition) is 1. The first-order chi connectivity index (χ1) is 9.20. The Morgan fingerprint density at radius 1 is 1.21 bits per heavy atom. The van der Waals surface area contributed by atoms with Gasteiger partial charge in [0.25, 0.3) is 0 Å². The number of halogens is 1. The van der Waals surface area contributed by atoms with Gasteiger partial charge < -0.3 is 9.64 Å². The Balaban J connectivity index is 2.00. The molecule has 2 aromatic rings. The van der Waals surface area contributed by atoms with Crippen LogP contribution in [0.3, 0.4) is 0 Å². The molecule has 0 saturated heterocycles. The Kier molecular flexibility index (Phi) is 3.03. The molecule has 0 radical (unpaired) electrons. The summed E-state index contributed by atoms with van der Waals surface area (Å²) in [5.74, 6) is 1.32. The molecule has 19 heavy (non-hydrogen) atoms. The molecule has 0 amide bonds. The molecule has 1 heterocycles. The third-order valence-electron chi connectivity index (χ3n) is 3.32. The smallest absolute Gasteiger partial charge is 0.135 e. The summed E-state index contributed by atoms with van der Waals surface area (Å²) in [5.41, 5.74) is 3.17. The molecule has 4 heteroatoms. The van der Waals surface area contributed by atoms with E-state index in [4.69, 9.17) is 10.1 Å². The van der Waals surface area contributed by atoms with E-state index in [2.05, 4.69) is 22.0 Å². The van der Waals surface area contributed by atoms with Gasteiger partial charge in [0.2, 0.25) is 0 Å². The van der Waals surface area contributed by atoms with Crippen LogP contribution < -0.4 is 9.64 Å². The van der Waals surface area contributed by atoms with Crippen molar-refractivity contribution in [2.45, 2.75) is 6.54 Å². The van der Waals surface area contributed by atoms with Gasteiger partial charge in [-0.05, 0) is 33.6 Å². The van der Waals surface area contributed by atoms with Crippen LogP contribution in [0.5, 0.6) is 5.75 Å². The zero-order valence-electron chi connectivity index (χ0n) is 10.5. The lowest BCUT2D eigenvalue weighted by Crippen LogP contribution is -2.22. The number of anilines is 1. The zero-order chi connectivity index (χ0) is 13.4. The van der Waals surface area contributed by atoms with E-state index in [0.717, 1.165) is 28.0 Å². The maximum absolute atomic E-state index is 8.28. The number of hydrogen-bond acceptors (Lipinski definition) is 2. The molecule has 0 spiro atoms. The van der Waals surface area contributed by atoms with Gasteiger partial charge in [-0.15, -0.1) is 0 Å². The molecular weight excluding hydrogens is 304 g/mol. The number of nitrogens with zero attached hydrogens (tertiary/aromatic N) is 1. The van der Waals surface area contributed by atoms with Gasteiger partial charge in [-0.3, -0.25) is 5.41 Å². The van der Waals surface area contributed by atoms with Crippen molar-refractivity contribution in [2.24, 2.45) is 0 Å². The summed E-state index contributed by atoms with van der Waals surface area (Å²) in [6, 6.07) is 13.9. The number of benzene rings is 2. The SMILES string of the molecule is COc1cc(N2Cc3ccccc3C2=N)ccc1Br. The number of ether oxygens (including phenoxy) is 1. The van der Waals surface area contributed by atoms with Gasteiger partial charge in [-0.2, -0.15) is 0 Å². The number of amidine groups is 1. The molecule has 0 unspecified atom stereocenters. The second kappa shape index (κ2) is 4.70. The molecular formula is C15H13BrN2O. The first-order valence-corrected chi connectivity index (χ1v) is 6.78. The summed E-state index contributed by atoms with van der Waals surface area (Å²) in [4.78, 5) is 1.99. The quantitative estimate of drug-likeness (QED) is 0.914. The van der Waals surface area contributed by atoms with Crippen LogP contribution in [-0.4, -0.2) is 12.9 Å². The number of nitrogens with one attached hydrogen (secondary N) is 1. The second-order valence-electron chi connectivity index (χ2n) is 4.41. The third-order valence-corrected chi connectivity index (χ3v) is 3.97. The third kappa shape index (κ3) is 2.02. The van der Waals surface area contributed by atoms with Gasteiger partial charge in [0, 0.05) is 17.3 Å². The van der Waals surface area contributed by atoms with Crippen molar-refractivity contribution in [3.63, 3.8) is 0 Å². The van der Waals surface area contributed by atoms with Crippen molar-refractivity contribution in [2.75, 3.05) is 12.0 Å². The molecule has 0 saturated carbocycles. The van der Waals surface area contributed by atoms with Crippen LogP contribution in [0.1, 0.15) is 11.1 Å². The molecule has 3 nitrogen and oxygen atoms in total. The summed E-state index contributed by atoms with van der Waals surface area (Å²) in [6.07, 6.45) is 0. The van der Waals surface area contributed by atoms with Crippen LogP contribution in [0.4, 0.5) is 5.69 Å². The first kappa shape index (κ1) is 12.2. The standard InChI is InChI=1S/C15H13BrN2O/c1-19-14-8-11(6-7-13(14)16)18-9-10-4-2-3-5-12(10)15(18)17/h2-8,17H,9H2,1H3. The van der Waals surface area contributed by atoms with E-state index in [9.17, 15) is 0 Å². The Morgan fingerprint density at radius 3 is 2.74 bits per heavy atom. The van der Waals surface area contributed by atoms with Crippen LogP contribution in [0.25, 0.3) is 0 Å². The minimum atomic E-state index is 0.542. The largest absolute Gasteiger partial charge is 0.495 e. The summed E-state index contributed by atoms with van der Waals surface area (Å²) >= 11 is 3.45. The number of fused-ring (bicyclic) bond motifs is 1. The minimum absolute atomic E-state index is 0.542. The van der Waals surface area contributed by atoms with Crippen molar-refractivity contribution in [1.82, 2.24) is 0 Å². The van der Waals surface area contributed by atoms with Gasteiger partial charge in [-0.1, -0.05) is 24.3 Å². The molecule has 0 aliphatic carbocycles. The van der Waals surface area contributed by atoms with Crippen molar-refractivity contribution in [1.29, 1.82) is 5.41 Å². The summed E-state index contributed by atoms with van der Waals surface area (Å²) < 4.78 is 6.23. The normalized spacial score (nSPS) is 13.6. The van der Waals surface area contributed by atoms with Crippen molar-refractivity contribution < 1.29 is 4.74 Å². The van der Waals surface area contributed by atoms with Crippen LogP contribution in [-0.2, 0) is 6.54 Å². The summed E-state index contributed by atoms with van der Waals surface area (Å²) in [7, 11) is 1.65. The predicted molar refractivity (Wildman–Crippen MR) is 80.1 cm³/mol. The average Bonchev–Trinajstić information content (AvgIpc) is 2.77. The highest BCUT2D eigenvalue weighted by atomic mass is 79.9. The van der Waals surface area contributed by atoms with E-state index in [1.54, 1.807) is 7.11 Å². The molecule has 0 fully saturated rings. The van der Waals surface area contributed by atoms with E-state index in [-0.39, 0.29) is 0 Å². The second-order valence-corrected chi connectivity index (χ2v) is 5.27. The molecule has 3 rings (SSSR count). The Morgan fingerprint density at radius 2 is 2.00 bits per heavy atom. The van der Waals surface area contributed by atoms with E-state index in [1.807, 2.05) is 41.3 Å². The van der Waals surface area contributed by atoms with Gasteiger partial charge in [0.05, 0.1) is 18.1 Å². The number of methoxy groups -OCH3 is 1. The van der Waals surface area contributed by atoms with Crippen LogP contribution in [0.15, 0.2) is 46.9 Å². The number of rotatable bonds is 2. The molecule has 1 N–H and O–H groups in total. The predicted octanol–water partition coefficient (Wildman–Crippen LogP) is 3.80. The van der Waals surface area contributed by atoms with Gasteiger partial charge in [0.15, 0.2) is 0 Å². The van der Waals surface area contributed by atoms with Crippen molar-refractivity contribution >= 4 is 27.5 Å². The van der Waals surface area contributed by atoms with Crippen LogP contribution in [0, 0.1) is 5.41 Å². The highest BCUT2D eigenvalue weighted by Crippen LogP contribution is 2.33. The fraction of sp³-hybridized carbons (Fsp3) is 0.133. The Hall–Kier alpha value is -1.81. The van der Waals surface area contributed by atoms with E-state index >= 15 is 0 Å². The van der Waals surface area contributed by atoms with E-state index in [1.165, 1.54) is 5.56 Å². The highest BCUT2D eigenvalue weighted by molar-refractivity contribution is 9.10. The zero-order valence-corrected chi connectivity index (χ0v) is 12.1. The summed E-state index contributed by atoms with van der Waals surface area (Å²) in [5, 5.41) is 8.28. The molecule has 2 aromatic carbocycles. The Labute approximate surface area is 120 Å². The van der Waals surface area contributed by atoms with E-state index < -0.39 is 0 Å². The average molecular weight is 317 g/mol. The van der Waals surface area contributed by atoms with Crippen molar-refractivity contribution in [3.8, 4) is 5.75 Å². The van der Waals surface area contributed by atoms with Crippen LogP contribution in [0.2, 0.25) is 0 Å². The van der Waals surface area contributed by atoms with Gasteiger partial charge in [-0.25, -0.2) is 0 Å². The Bertz CT molecular complexity index is 654. The minimum Gasteiger partial charge on any atom is -0.495 e. The summed E-state index contributed by atoms with van der Waals surface area (Å²) in [6.45, 7) is 0.736.